The van der Waals surface area contributed by atoms with E-state index in [2.05, 4.69) is 5.32 Å². The number of hydrogen-bond acceptors (Lipinski definition) is 2. The first-order valence-electron chi connectivity index (χ1n) is 10.7. The van der Waals surface area contributed by atoms with Crippen LogP contribution in [-0.4, -0.2) is 28.8 Å². The van der Waals surface area contributed by atoms with Crippen LogP contribution in [-0.2, 0) is 29.0 Å². The van der Waals surface area contributed by atoms with Crippen molar-refractivity contribution in [3.05, 3.63) is 108 Å². The van der Waals surface area contributed by atoms with Gasteiger partial charge in [0.05, 0.1) is 6.42 Å². The van der Waals surface area contributed by atoms with Crippen molar-refractivity contribution >= 4 is 11.8 Å². The molecule has 3 rings (SSSR count). The topological polar surface area (TPSA) is 49.4 Å². The molecule has 31 heavy (non-hydrogen) atoms. The van der Waals surface area contributed by atoms with Crippen molar-refractivity contribution in [3.63, 3.8) is 0 Å². The van der Waals surface area contributed by atoms with E-state index in [4.69, 9.17) is 0 Å². The Balaban J connectivity index is 1.93. The number of hydrogen-bond donors (Lipinski definition) is 1. The largest absolute Gasteiger partial charge is 0.352 e. The van der Waals surface area contributed by atoms with Gasteiger partial charge in [0.1, 0.15) is 6.04 Å². The first kappa shape index (κ1) is 22.3. The maximum atomic E-state index is 13.5. The van der Waals surface area contributed by atoms with Gasteiger partial charge in [0.15, 0.2) is 0 Å². The third-order valence-electron chi connectivity index (χ3n) is 5.10. The first-order valence-corrected chi connectivity index (χ1v) is 10.7. The summed E-state index contributed by atoms with van der Waals surface area (Å²) in [7, 11) is 0. The zero-order valence-corrected chi connectivity index (χ0v) is 18.2. The quantitative estimate of drug-likeness (QED) is 0.564. The summed E-state index contributed by atoms with van der Waals surface area (Å²) in [6, 6.07) is 28.8. The van der Waals surface area contributed by atoms with Crippen molar-refractivity contribution in [1.29, 1.82) is 0 Å². The Bertz CT molecular complexity index is 956. The zero-order chi connectivity index (χ0) is 22.1. The lowest BCUT2D eigenvalue weighted by Gasteiger charge is -2.32. The van der Waals surface area contributed by atoms with E-state index in [0.29, 0.717) is 13.0 Å². The van der Waals surface area contributed by atoms with Gasteiger partial charge >= 0.3 is 0 Å². The molecule has 0 aromatic heterocycles. The standard InChI is InChI=1S/C27H30N2O2/c1-21(2)28-27(31)25(18-22-12-6-3-7-13-22)29(20-24-16-10-5-11-17-24)26(30)19-23-14-8-4-9-15-23/h3-17,21,25H,18-20H2,1-2H3,(H,28,31)/t25-/m1/s1. The monoisotopic (exact) mass is 414 g/mol. The van der Waals surface area contributed by atoms with E-state index in [0.717, 1.165) is 16.7 Å². The summed E-state index contributed by atoms with van der Waals surface area (Å²) in [5.41, 5.74) is 2.96. The molecule has 0 aliphatic carbocycles. The summed E-state index contributed by atoms with van der Waals surface area (Å²) in [6.07, 6.45) is 0.723. The van der Waals surface area contributed by atoms with Crippen LogP contribution in [0.4, 0.5) is 0 Å². The Labute approximate surface area is 184 Å². The number of rotatable bonds is 9. The van der Waals surface area contributed by atoms with Crippen LogP contribution >= 0.6 is 0 Å². The highest BCUT2D eigenvalue weighted by atomic mass is 16.2. The highest BCUT2D eigenvalue weighted by molar-refractivity contribution is 5.89. The molecule has 0 saturated carbocycles. The maximum Gasteiger partial charge on any atom is 0.243 e. The van der Waals surface area contributed by atoms with Gasteiger partial charge in [0.25, 0.3) is 0 Å². The lowest BCUT2D eigenvalue weighted by molar-refractivity contribution is -0.141. The highest BCUT2D eigenvalue weighted by Gasteiger charge is 2.30. The molecule has 3 aromatic rings. The van der Waals surface area contributed by atoms with E-state index in [-0.39, 0.29) is 24.3 Å². The molecule has 1 atom stereocenters. The Morgan fingerprint density at radius 2 is 1.23 bits per heavy atom. The van der Waals surface area contributed by atoms with Crippen molar-refractivity contribution in [1.82, 2.24) is 10.2 Å². The van der Waals surface area contributed by atoms with E-state index >= 15 is 0 Å². The molecule has 0 aliphatic rings. The van der Waals surface area contributed by atoms with Crippen LogP contribution in [0.15, 0.2) is 91.0 Å². The molecule has 4 nitrogen and oxygen atoms in total. The minimum absolute atomic E-state index is 0.00595. The fourth-order valence-electron chi connectivity index (χ4n) is 3.59. The molecule has 0 saturated heterocycles. The maximum absolute atomic E-state index is 13.5. The number of nitrogens with zero attached hydrogens (tertiary/aromatic N) is 1. The second-order valence-corrected chi connectivity index (χ2v) is 8.04. The molecule has 1 N–H and O–H groups in total. The number of carbonyl (C=O) groups excluding carboxylic acids is 2. The van der Waals surface area contributed by atoms with E-state index in [1.807, 2.05) is 105 Å². The molecular formula is C27H30N2O2. The molecule has 3 aromatic carbocycles. The molecular weight excluding hydrogens is 384 g/mol. The number of amides is 2. The van der Waals surface area contributed by atoms with Gasteiger partial charge in [0, 0.05) is 19.0 Å². The number of nitrogens with one attached hydrogen (secondary N) is 1. The smallest absolute Gasteiger partial charge is 0.243 e. The summed E-state index contributed by atoms with van der Waals surface area (Å²) in [6.45, 7) is 4.26. The SMILES string of the molecule is CC(C)NC(=O)[C@@H](Cc1ccccc1)N(Cc1ccccc1)C(=O)Cc1ccccc1. The fraction of sp³-hybridized carbons (Fsp3) is 0.259. The lowest BCUT2D eigenvalue weighted by Crippen LogP contribution is -2.52. The minimum Gasteiger partial charge on any atom is -0.352 e. The van der Waals surface area contributed by atoms with Gasteiger partial charge in [-0.2, -0.15) is 0 Å². The molecule has 2 amide bonds. The summed E-state index contributed by atoms with van der Waals surface area (Å²) >= 11 is 0. The van der Waals surface area contributed by atoms with Crippen LogP contribution in [0, 0.1) is 0 Å². The Morgan fingerprint density at radius 1 is 0.742 bits per heavy atom. The summed E-state index contributed by atoms with van der Waals surface area (Å²) in [4.78, 5) is 28.5. The van der Waals surface area contributed by atoms with Crippen LogP contribution in [0.3, 0.4) is 0 Å². The molecule has 0 aliphatic heterocycles. The van der Waals surface area contributed by atoms with E-state index in [9.17, 15) is 9.59 Å². The van der Waals surface area contributed by atoms with Crippen molar-refractivity contribution < 1.29 is 9.59 Å². The van der Waals surface area contributed by atoms with Crippen LogP contribution in [0.1, 0.15) is 30.5 Å². The molecule has 0 fully saturated rings. The summed E-state index contributed by atoms with van der Waals surface area (Å²) < 4.78 is 0. The molecule has 4 heteroatoms. The predicted molar refractivity (Wildman–Crippen MR) is 124 cm³/mol. The second kappa shape index (κ2) is 11.1. The summed E-state index contributed by atoms with van der Waals surface area (Å²) in [5, 5.41) is 3.02. The third kappa shape index (κ3) is 6.82. The predicted octanol–water partition coefficient (Wildman–Crippen LogP) is 4.39. The van der Waals surface area contributed by atoms with Gasteiger partial charge < -0.3 is 10.2 Å². The minimum atomic E-state index is -0.596. The molecule has 0 radical (unpaired) electrons. The van der Waals surface area contributed by atoms with Gasteiger partial charge in [-0.05, 0) is 30.5 Å². The van der Waals surface area contributed by atoms with Crippen molar-refractivity contribution in [2.45, 2.75) is 45.3 Å². The van der Waals surface area contributed by atoms with Crippen molar-refractivity contribution in [2.75, 3.05) is 0 Å². The average Bonchev–Trinajstić information content (AvgIpc) is 2.77. The zero-order valence-electron chi connectivity index (χ0n) is 18.2. The van der Waals surface area contributed by atoms with Crippen molar-refractivity contribution in [2.24, 2.45) is 0 Å². The van der Waals surface area contributed by atoms with Crippen molar-refractivity contribution in [3.8, 4) is 0 Å². The lowest BCUT2D eigenvalue weighted by atomic mass is 10.0. The van der Waals surface area contributed by atoms with E-state index in [1.165, 1.54) is 0 Å². The first-order chi connectivity index (χ1) is 15.0. The van der Waals surface area contributed by atoms with E-state index < -0.39 is 6.04 Å². The van der Waals surface area contributed by atoms with Crippen LogP contribution in [0.25, 0.3) is 0 Å². The Hall–Kier alpha value is -3.40. The van der Waals surface area contributed by atoms with E-state index in [1.54, 1.807) is 4.90 Å². The number of benzene rings is 3. The van der Waals surface area contributed by atoms with Crippen LogP contribution < -0.4 is 5.32 Å². The molecule has 0 unspecified atom stereocenters. The fourth-order valence-corrected chi connectivity index (χ4v) is 3.59. The van der Waals surface area contributed by atoms with Gasteiger partial charge in [-0.1, -0.05) is 91.0 Å². The van der Waals surface area contributed by atoms with Crippen LogP contribution in [0.2, 0.25) is 0 Å². The normalized spacial score (nSPS) is 11.7. The molecule has 160 valence electrons. The number of carbonyl (C=O) groups is 2. The Morgan fingerprint density at radius 3 is 1.74 bits per heavy atom. The van der Waals surface area contributed by atoms with Gasteiger partial charge in [-0.3, -0.25) is 9.59 Å². The van der Waals surface area contributed by atoms with Crippen LogP contribution in [0.5, 0.6) is 0 Å². The molecule has 0 bridgehead atoms. The van der Waals surface area contributed by atoms with Gasteiger partial charge in [-0.25, -0.2) is 0 Å². The third-order valence-corrected chi connectivity index (χ3v) is 5.10. The molecule has 0 spiro atoms. The summed E-state index contributed by atoms with van der Waals surface area (Å²) in [5.74, 6) is -0.189. The van der Waals surface area contributed by atoms with Gasteiger partial charge in [-0.15, -0.1) is 0 Å². The average molecular weight is 415 g/mol. The highest BCUT2D eigenvalue weighted by Crippen LogP contribution is 2.16. The second-order valence-electron chi connectivity index (χ2n) is 8.04. The van der Waals surface area contributed by atoms with Gasteiger partial charge in [0.2, 0.25) is 11.8 Å². The molecule has 0 heterocycles. The Kier molecular flexibility index (Phi) is 7.99.